The molecule has 0 aromatic carbocycles. The lowest BCUT2D eigenvalue weighted by Crippen LogP contribution is -2.46. The molecule has 3 rings (SSSR count). The SMILES string of the molecule is CCCN(C)C(=O)O[C@@H](C)/C=C\C(=O)NC1COC(C/C=C(C)/C=C/[C@@H]2CC3(CC3)CC(C)(C)O2)OC1. The van der Waals surface area contributed by atoms with Gasteiger partial charge in [-0.1, -0.05) is 30.7 Å². The second-order valence-electron chi connectivity index (χ2n) is 11.5. The summed E-state index contributed by atoms with van der Waals surface area (Å²) >= 11 is 0. The summed E-state index contributed by atoms with van der Waals surface area (Å²) in [5.74, 6) is -0.276. The van der Waals surface area contributed by atoms with Gasteiger partial charge in [0.15, 0.2) is 6.29 Å². The molecule has 2 heterocycles. The van der Waals surface area contributed by atoms with Crippen LogP contribution in [-0.2, 0) is 23.7 Å². The van der Waals surface area contributed by atoms with Crippen LogP contribution in [-0.4, -0.2) is 73.8 Å². The maximum absolute atomic E-state index is 12.2. The van der Waals surface area contributed by atoms with Gasteiger partial charge in [0.1, 0.15) is 6.10 Å². The molecule has 2 saturated heterocycles. The molecule has 0 unspecified atom stereocenters. The van der Waals surface area contributed by atoms with Gasteiger partial charge in [-0.25, -0.2) is 4.79 Å². The van der Waals surface area contributed by atoms with Gasteiger partial charge in [-0.05, 0) is 71.3 Å². The summed E-state index contributed by atoms with van der Waals surface area (Å²) in [7, 11) is 1.69. The Morgan fingerprint density at radius 1 is 1.19 bits per heavy atom. The number of ether oxygens (including phenoxy) is 4. The Balaban J connectivity index is 1.34. The molecule has 1 aliphatic carbocycles. The maximum atomic E-state index is 12.2. The predicted octanol–water partition coefficient (Wildman–Crippen LogP) is 4.90. The maximum Gasteiger partial charge on any atom is 0.410 e. The molecule has 0 aromatic rings. The van der Waals surface area contributed by atoms with Gasteiger partial charge in [-0.15, -0.1) is 0 Å². The van der Waals surface area contributed by atoms with Gasteiger partial charge in [-0.3, -0.25) is 4.79 Å². The van der Waals surface area contributed by atoms with Crippen LogP contribution in [0.15, 0.2) is 36.0 Å². The highest BCUT2D eigenvalue weighted by Crippen LogP contribution is 2.58. The Morgan fingerprint density at radius 3 is 2.54 bits per heavy atom. The van der Waals surface area contributed by atoms with E-state index in [2.05, 4.69) is 44.3 Å². The van der Waals surface area contributed by atoms with Crippen LogP contribution in [0.5, 0.6) is 0 Å². The molecule has 1 spiro atoms. The van der Waals surface area contributed by atoms with Crippen molar-refractivity contribution in [1.29, 1.82) is 0 Å². The fourth-order valence-corrected chi connectivity index (χ4v) is 5.12. The summed E-state index contributed by atoms with van der Waals surface area (Å²) in [4.78, 5) is 25.7. The summed E-state index contributed by atoms with van der Waals surface area (Å²) in [6.45, 7) is 11.6. The Hall–Kier alpha value is -2.16. The molecule has 3 fully saturated rings. The van der Waals surface area contributed by atoms with E-state index in [1.807, 2.05) is 6.92 Å². The van der Waals surface area contributed by atoms with Gasteiger partial charge < -0.3 is 29.2 Å². The first kappa shape index (κ1) is 29.4. The van der Waals surface area contributed by atoms with Crippen LogP contribution in [0.1, 0.15) is 73.1 Å². The molecule has 37 heavy (non-hydrogen) atoms. The van der Waals surface area contributed by atoms with E-state index in [1.165, 1.54) is 30.2 Å². The predicted molar refractivity (Wildman–Crippen MR) is 143 cm³/mol. The highest BCUT2D eigenvalue weighted by molar-refractivity contribution is 5.87. The third kappa shape index (κ3) is 9.91. The summed E-state index contributed by atoms with van der Waals surface area (Å²) in [6.07, 6.45) is 14.8. The van der Waals surface area contributed by atoms with Crippen molar-refractivity contribution in [2.45, 2.75) is 103 Å². The number of nitrogens with one attached hydrogen (secondary N) is 1. The smallest absolute Gasteiger partial charge is 0.410 e. The zero-order valence-electron chi connectivity index (χ0n) is 23.5. The van der Waals surface area contributed by atoms with E-state index in [1.54, 1.807) is 20.0 Å². The number of hydrogen-bond acceptors (Lipinski definition) is 6. The lowest BCUT2D eigenvalue weighted by molar-refractivity contribution is -0.187. The molecule has 3 aliphatic rings. The van der Waals surface area contributed by atoms with Gasteiger partial charge in [0.2, 0.25) is 5.91 Å². The van der Waals surface area contributed by atoms with Crippen molar-refractivity contribution in [2.75, 3.05) is 26.8 Å². The molecule has 2 aliphatic heterocycles. The van der Waals surface area contributed by atoms with Crippen LogP contribution in [0.3, 0.4) is 0 Å². The van der Waals surface area contributed by atoms with Gasteiger partial charge in [0.05, 0.1) is 31.0 Å². The van der Waals surface area contributed by atoms with Gasteiger partial charge in [0.25, 0.3) is 0 Å². The monoisotopic (exact) mass is 518 g/mol. The Kier molecular flexibility index (Phi) is 10.4. The number of amides is 2. The van der Waals surface area contributed by atoms with Crippen molar-refractivity contribution in [1.82, 2.24) is 10.2 Å². The fourth-order valence-electron chi connectivity index (χ4n) is 5.12. The average Bonchev–Trinajstić information content (AvgIpc) is 3.57. The largest absolute Gasteiger partial charge is 0.442 e. The van der Waals surface area contributed by atoms with Gasteiger partial charge in [-0.2, -0.15) is 0 Å². The molecular weight excluding hydrogens is 472 g/mol. The number of carbonyl (C=O) groups excluding carboxylic acids is 2. The third-order valence-corrected chi connectivity index (χ3v) is 7.06. The van der Waals surface area contributed by atoms with Gasteiger partial charge in [0, 0.05) is 26.1 Å². The number of carbonyl (C=O) groups is 2. The van der Waals surface area contributed by atoms with E-state index in [4.69, 9.17) is 18.9 Å². The normalized spacial score (nSPS) is 27.8. The minimum atomic E-state index is -0.504. The van der Waals surface area contributed by atoms with Crippen molar-refractivity contribution in [3.8, 4) is 0 Å². The molecule has 1 N–H and O–H groups in total. The van der Waals surface area contributed by atoms with E-state index in [9.17, 15) is 9.59 Å². The van der Waals surface area contributed by atoms with Crippen LogP contribution in [0.25, 0.3) is 0 Å². The lowest BCUT2D eigenvalue weighted by atomic mass is 9.82. The second-order valence-corrected chi connectivity index (χ2v) is 11.5. The first-order valence-electron chi connectivity index (χ1n) is 13.7. The summed E-state index contributed by atoms with van der Waals surface area (Å²) < 4.78 is 23.2. The number of nitrogens with zero attached hydrogens (tertiary/aromatic N) is 1. The Labute approximate surface area is 222 Å². The van der Waals surface area contributed by atoms with Crippen molar-refractivity contribution >= 4 is 12.0 Å². The molecule has 0 bridgehead atoms. The lowest BCUT2D eigenvalue weighted by Gasteiger charge is -2.40. The summed E-state index contributed by atoms with van der Waals surface area (Å²) in [5, 5.41) is 2.86. The second kappa shape index (κ2) is 13.1. The van der Waals surface area contributed by atoms with Crippen molar-refractivity contribution < 1.29 is 28.5 Å². The quantitative estimate of drug-likeness (QED) is 0.327. The van der Waals surface area contributed by atoms with E-state index < -0.39 is 12.2 Å². The molecule has 8 heteroatoms. The van der Waals surface area contributed by atoms with Crippen LogP contribution in [0.2, 0.25) is 0 Å². The average molecular weight is 519 g/mol. The number of allylic oxidation sites excluding steroid dienone is 2. The topological polar surface area (TPSA) is 86.3 Å². The first-order valence-corrected chi connectivity index (χ1v) is 13.7. The summed E-state index contributed by atoms with van der Waals surface area (Å²) in [5.41, 5.74) is 1.61. The Bertz CT molecular complexity index is 862. The standard InChI is InChI=1S/C29H46N2O6/c1-7-16-31(6)27(33)36-22(3)10-12-25(32)30-23-18-34-26(35-19-23)13-9-21(2)8-11-24-17-29(14-15-29)20-28(4,5)37-24/h8-12,22-24,26H,7,13-20H2,1-6H3,(H,30,32)/b11-8+,12-10-,21-9+/t22-,23?,24+,26?/m0/s1. The van der Waals surface area contributed by atoms with Crippen molar-refractivity contribution in [3.63, 3.8) is 0 Å². The molecular formula is C29H46N2O6. The first-order chi connectivity index (χ1) is 17.5. The van der Waals surface area contributed by atoms with Crippen LogP contribution in [0.4, 0.5) is 4.79 Å². The Morgan fingerprint density at radius 2 is 1.89 bits per heavy atom. The fraction of sp³-hybridized carbons (Fsp3) is 0.724. The van der Waals surface area contributed by atoms with E-state index in [0.29, 0.717) is 31.6 Å². The highest BCUT2D eigenvalue weighted by Gasteiger charge is 2.51. The van der Waals surface area contributed by atoms with Crippen LogP contribution >= 0.6 is 0 Å². The molecule has 2 atom stereocenters. The van der Waals surface area contributed by atoms with Gasteiger partial charge >= 0.3 is 6.09 Å². The van der Waals surface area contributed by atoms with Crippen molar-refractivity contribution in [3.05, 3.63) is 36.0 Å². The molecule has 0 radical (unpaired) electrons. The zero-order chi connectivity index (χ0) is 27.1. The minimum Gasteiger partial charge on any atom is -0.442 e. The molecule has 2 amide bonds. The molecule has 8 nitrogen and oxygen atoms in total. The zero-order valence-corrected chi connectivity index (χ0v) is 23.5. The third-order valence-electron chi connectivity index (χ3n) is 7.06. The number of hydrogen-bond donors (Lipinski definition) is 1. The van der Waals surface area contributed by atoms with Crippen molar-refractivity contribution in [2.24, 2.45) is 5.41 Å². The number of rotatable bonds is 10. The van der Waals surface area contributed by atoms with Crippen LogP contribution < -0.4 is 5.32 Å². The van der Waals surface area contributed by atoms with E-state index in [-0.39, 0.29) is 29.9 Å². The summed E-state index contributed by atoms with van der Waals surface area (Å²) in [6, 6.07) is -0.228. The molecule has 0 aromatic heterocycles. The van der Waals surface area contributed by atoms with E-state index in [0.717, 1.165) is 18.4 Å². The minimum absolute atomic E-state index is 0.0523. The van der Waals surface area contributed by atoms with Crippen LogP contribution in [0, 0.1) is 5.41 Å². The highest BCUT2D eigenvalue weighted by atomic mass is 16.7. The molecule has 208 valence electrons. The molecule has 1 saturated carbocycles. The van der Waals surface area contributed by atoms with E-state index >= 15 is 0 Å².